The van der Waals surface area contributed by atoms with Crippen LogP contribution in [0.1, 0.15) is 49.1 Å². The molecule has 1 aliphatic rings. The molecule has 1 heterocycles. The summed E-state index contributed by atoms with van der Waals surface area (Å²) < 4.78 is 53.1. The minimum atomic E-state index is -4.85. The van der Waals surface area contributed by atoms with E-state index in [9.17, 15) is 27.3 Å². The molecule has 1 aromatic heterocycles. The third-order valence-electron chi connectivity index (χ3n) is 5.16. The molecular formula is C20H19F4N3O2. The van der Waals surface area contributed by atoms with Crippen LogP contribution >= 0.6 is 0 Å². The number of alkyl halides is 3. The Morgan fingerprint density at radius 3 is 2.52 bits per heavy atom. The normalized spacial score (nSPS) is 15.9. The smallest absolute Gasteiger partial charge is 0.310 e. The number of nitrogens with zero attached hydrogens (tertiary/aromatic N) is 2. The molecule has 1 atom stereocenters. The van der Waals surface area contributed by atoms with Gasteiger partial charge in [-0.25, -0.2) is 9.37 Å². The molecule has 1 N–H and O–H groups in total. The minimum absolute atomic E-state index is 0.0823. The van der Waals surface area contributed by atoms with Crippen LogP contribution in [0.15, 0.2) is 41.7 Å². The molecule has 0 saturated heterocycles. The topological polar surface area (TPSA) is 71.4 Å². The average Bonchev–Trinajstić information content (AvgIpc) is 3.19. The van der Waals surface area contributed by atoms with Crippen LogP contribution in [0.3, 0.4) is 0 Å². The zero-order valence-corrected chi connectivity index (χ0v) is 15.4. The van der Waals surface area contributed by atoms with Crippen molar-refractivity contribution >= 4 is 17.4 Å². The van der Waals surface area contributed by atoms with E-state index in [2.05, 4.69) is 15.5 Å². The highest BCUT2D eigenvalue weighted by Crippen LogP contribution is 2.38. The first kappa shape index (κ1) is 20.9. The molecule has 1 amide bonds. The van der Waals surface area contributed by atoms with Crippen molar-refractivity contribution < 1.29 is 22.4 Å². The summed E-state index contributed by atoms with van der Waals surface area (Å²) in [7, 11) is 0. The molecule has 1 saturated carbocycles. The Kier molecular flexibility index (Phi) is 6.24. The molecule has 5 nitrogen and oxygen atoms in total. The number of hydrogen-bond acceptors (Lipinski definition) is 4. The predicted molar refractivity (Wildman–Crippen MR) is 99.0 cm³/mol. The lowest BCUT2D eigenvalue weighted by atomic mass is 9.86. The van der Waals surface area contributed by atoms with Crippen LogP contribution in [0.5, 0.6) is 0 Å². The van der Waals surface area contributed by atoms with Gasteiger partial charge in [0.15, 0.2) is 0 Å². The van der Waals surface area contributed by atoms with Crippen molar-refractivity contribution in [3.63, 3.8) is 0 Å². The van der Waals surface area contributed by atoms with Gasteiger partial charge in [0.1, 0.15) is 17.3 Å². The molecule has 1 aliphatic carbocycles. The molecule has 1 fully saturated rings. The van der Waals surface area contributed by atoms with E-state index in [4.69, 9.17) is 0 Å². The van der Waals surface area contributed by atoms with Crippen molar-refractivity contribution in [1.82, 2.24) is 4.98 Å². The first-order valence-corrected chi connectivity index (χ1v) is 9.25. The summed E-state index contributed by atoms with van der Waals surface area (Å²) in [6.07, 6.45) is 0.505. The van der Waals surface area contributed by atoms with Gasteiger partial charge in [0, 0.05) is 0 Å². The molecule has 29 heavy (non-hydrogen) atoms. The Balaban J connectivity index is 1.89. The van der Waals surface area contributed by atoms with Gasteiger partial charge < -0.3 is 5.32 Å². The van der Waals surface area contributed by atoms with E-state index in [1.54, 1.807) is 0 Å². The monoisotopic (exact) mass is 409 g/mol. The van der Waals surface area contributed by atoms with Gasteiger partial charge in [0.2, 0.25) is 5.91 Å². The van der Waals surface area contributed by atoms with E-state index in [0.717, 1.165) is 31.7 Å². The number of aromatic nitrogens is 1. The largest absolute Gasteiger partial charge is 0.419 e. The Morgan fingerprint density at radius 1 is 1.21 bits per heavy atom. The summed E-state index contributed by atoms with van der Waals surface area (Å²) in [5.74, 6) is -2.43. The van der Waals surface area contributed by atoms with Crippen molar-refractivity contribution in [3.05, 3.63) is 58.4 Å². The molecule has 154 valence electrons. The second-order valence-electron chi connectivity index (χ2n) is 7.16. The first-order chi connectivity index (χ1) is 13.8. The van der Waals surface area contributed by atoms with Gasteiger partial charge in [-0.15, -0.1) is 4.91 Å². The summed E-state index contributed by atoms with van der Waals surface area (Å²) >= 11 is 0. The lowest BCUT2D eigenvalue weighted by Crippen LogP contribution is -2.24. The van der Waals surface area contributed by atoms with E-state index in [-0.39, 0.29) is 23.0 Å². The standard InChI is InChI=1S/C20H19F4N3O2/c21-17-7-5-13(10-16(17)20(22,23)24)15(9-12-3-1-2-4-12)19(28)26-18-8-6-14(27-29)11-25-18/h5-8,10-12,15H,1-4,9H2,(H,25,26,28). The van der Waals surface area contributed by atoms with E-state index in [0.29, 0.717) is 12.5 Å². The van der Waals surface area contributed by atoms with Crippen LogP contribution in [0.4, 0.5) is 29.1 Å². The molecular weight excluding hydrogens is 390 g/mol. The van der Waals surface area contributed by atoms with E-state index < -0.39 is 29.4 Å². The number of benzene rings is 1. The number of carbonyl (C=O) groups is 1. The van der Waals surface area contributed by atoms with E-state index in [1.165, 1.54) is 24.4 Å². The Labute approximate surface area is 164 Å². The molecule has 0 radical (unpaired) electrons. The maximum Gasteiger partial charge on any atom is 0.419 e. The summed E-state index contributed by atoms with van der Waals surface area (Å²) in [4.78, 5) is 27.3. The quantitative estimate of drug-likeness (QED) is 0.474. The zero-order chi connectivity index (χ0) is 21.0. The zero-order valence-electron chi connectivity index (χ0n) is 15.4. The number of halogens is 4. The second kappa shape index (κ2) is 8.67. The number of amides is 1. The predicted octanol–water partition coefficient (Wildman–Crippen LogP) is 5.94. The molecule has 0 spiro atoms. The van der Waals surface area contributed by atoms with Gasteiger partial charge in [-0.3, -0.25) is 4.79 Å². The van der Waals surface area contributed by atoms with Crippen LogP contribution in [-0.2, 0) is 11.0 Å². The summed E-state index contributed by atoms with van der Waals surface area (Å²) in [6.45, 7) is 0. The molecule has 1 unspecified atom stereocenters. The molecule has 0 aliphatic heterocycles. The Morgan fingerprint density at radius 2 is 1.93 bits per heavy atom. The van der Waals surface area contributed by atoms with Crippen molar-refractivity contribution in [3.8, 4) is 0 Å². The van der Waals surface area contributed by atoms with Crippen LogP contribution in [0.25, 0.3) is 0 Å². The molecule has 1 aromatic carbocycles. The third-order valence-corrected chi connectivity index (χ3v) is 5.16. The molecule has 9 heteroatoms. The summed E-state index contributed by atoms with van der Waals surface area (Å²) in [5.41, 5.74) is -1.20. The third kappa shape index (κ3) is 5.16. The number of anilines is 1. The number of nitroso groups, excluding NO2 is 1. The molecule has 0 bridgehead atoms. The van der Waals surface area contributed by atoms with Gasteiger partial charge >= 0.3 is 6.18 Å². The van der Waals surface area contributed by atoms with Crippen molar-refractivity contribution in [2.75, 3.05) is 5.32 Å². The van der Waals surface area contributed by atoms with Crippen LogP contribution in [-0.4, -0.2) is 10.9 Å². The Hall–Kier alpha value is -2.84. The van der Waals surface area contributed by atoms with Gasteiger partial charge in [0.25, 0.3) is 0 Å². The highest BCUT2D eigenvalue weighted by molar-refractivity contribution is 5.95. The fraction of sp³-hybridized carbons (Fsp3) is 0.400. The number of hydrogen-bond donors (Lipinski definition) is 1. The number of carbonyl (C=O) groups excluding carboxylic acids is 1. The highest BCUT2D eigenvalue weighted by atomic mass is 19.4. The second-order valence-corrected chi connectivity index (χ2v) is 7.16. The fourth-order valence-corrected chi connectivity index (χ4v) is 3.68. The van der Waals surface area contributed by atoms with Crippen molar-refractivity contribution in [2.45, 2.75) is 44.2 Å². The fourth-order valence-electron chi connectivity index (χ4n) is 3.68. The van der Waals surface area contributed by atoms with Crippen LogP contribution in [0.2, 0.25) is 0 Å². The maximum absolute atomic E-state index is 13.7. The van der Waals surface area contributed by atoms with E-state index >= 15 is 0 Å². The molecule has 3 rings (SSSR count). The lowest BCUT2D eigenvalue weighted by Gasteiger charge is -2.21. The maximum atomic E-state index is 13.7. The average molecular weight is 409 g/mol. The summed E-state index contributed by atoms with van der Waals surface area (Å²) in [6, 6.07) is 5.42. The minimum Gasteiger partial charge on any atom is -0.310 e. The van der Waals surface area contributed by atoms with Crippen LogP contribution < -0.4 is 5.32 Å². The van der Waals surface area contributed by atoms with Crippen molar-refractivity contribution in [2.24, 2.45) is 11.1 Å². The summed E-state index contributed by atoms with van der Waals surface area (Å²) in [5, 5.41) is 5.29. The molecule has 2 aromatic rings. The van der Waals surface area contributed by atoms with Crippen molar-refractivity contribution in [1.29, 1.82) is 0 Å². The van der Waals surface area contributed by atoms with Gasteiger partial charge in [-0.2, -0.15) is 13.2 Å². The lowest BCUT2D eigenvalue weighted by molar-refractivity contribution is -0.140. The van der Waals surface area contributed by atoms with Gasteiger partial charge in [-0.1, -0.05) is 31.7 Å². The van der Waals surface area contributed by atoms with Crippen LogP contribution in [0, 0.1) is 16.6 Å². The van der Waals surface area contributed by atoms with E-state index in [1.807, 2.05) is 0 Å². The Bertz CT molecular complexity index is 878. The number of pyridine rings is 1. The number of nitrogens with one attached hydrogen (secondary N) is 1. The SMILES string of the molecule is O=Nc1ccc(NC(=O)C(CC2CCCC2)c2ccc(F)c(C(F)(F)F)c2)nc1. The highest BCUT2D eigenvalue weighted by Gasteiger charge is 2.36. The number of rotatable bonds is 6. The first-order valence-electron chi connectivity index (χ1n) is 9.25. The van der Waals surface area contributed by atoms with Gasteiger partial charge in [-0.05, 0) is 47.3 Å². The van der Waals surface area contributed by atoms with Gasteiger partial charge in [0.05, 0.1) is 17.7 Å².